The number of hydrogen-bond donors (Lipinski definition) is 0. The first-order valence-corrected chi connectivity index (χ1v) is 22.0. The largest absolute Gasteiger partial charge is 0.509 e. The van der Waals surface area contributed by atoms with E-state index in [2.05, 4.69) is 32.9 Å². The molecule has 0 unspecified atom stereocenters. The first kappa shape index (κ1) is 49.8. The van der Waals surface area contributed by atoms with E-state index in [1.165, 1.54) is 23.7 Å². The molecule has 370 valence electrons. The molecule has 2 aromatic heterocycles. The zero-order chi connectivity index (χ0) is 50.6. The molecular weight excluding hydrogens is 1130 g/mol. The number of nitrogens with zero attached hydrogens (tertiary/aromatic N) is 4. The van der Waals surface area contributed by atoms with Crippen LogP contribution in [0.1, 0.15) is 52.7 Å². The number of fused-ring (bicyclic) bond motifs is 4. The van der Waals surface area contributed by atoms with E-state index >= 15 is 35.1 Å². The minimum Gasteiger partial charge on any atom is -0.509 e. The van der Waals surface area contributed by atoms with Gasteiger partial charge >= 0.3 is 0 Å². The van der Waals surface area contributed by atoms with Gasteiger partial charge in [0.1, 0.15) is 5.82 Å². The summed E-state index contributed by atoms with van der Waals surface area (Å²) in [5.74, 6) is -22.5. The molecule has 0 aliphatic carbocycles. The van der Waals surface area contributed by atoms with Gasteiger partial charge in [0.2, 0.25) is 11.6 Å². The third kappa shape index (κ3) is 8.15. The SMILES string of the molecule is CC(C)(C)c1ccnc(-n2c3[c-]c(Oc4[c-]c(N5[CH-]N(c6c(-c7c(F)c(F)c(F)c(F)c7F)cc(C(C)(C)C)cc6-c6c(F)c(F)c(F)c(F)c6F)c6ccccc65)ccc4)ccc3c3ccccc32)c1.[Pt]. The number of halogens is 10. The van der Waals surface area contributed by atoms with Crippen molar-refractivity contribution < 1.29 is 69.7 Å². The predicted octanol–water partition coefficient (Wildman–Crippen LogP) is 16.3. The van der Waals surface area contributed by atoms with E-state index < -0.39 is 91.5 Å². The molecule has 0 fully saturated rings. The van der Waals surface area contributed by atoms with Crippen LogP contribution in [0.2, 0.25) is 0 Å². The second-order valence-corrected chi connectivity index (χ2v) is 19.0. The van der Waals surface area contributed by atoms with Crippen LogP contribution in [0, 0.1) is 77.0 Å². The molecule has 5 nitrogen and oxygen atoms in total. The van der Waals surface area contributed by atoms with Crippen LogP contribution in [0.25, 0.3) is 49.9 Å². The van der Waals surface area contributed by atoms with Gasteiger partial charge in [-0.15, -0.1) is 48.1 Å². The van der Waals surface area contributed by atoms with Gasteiger partial charge in [-0.1, -0.05) is 77.4 Å². The fourth-order valence-corrected chi connectivity index (χ4v) is 8.81. The summed E-state index contributed by atoms with van der Waals surface area (Å²) in [6, 6.07) is 35.1. The van der Waals surface area contributed by atoms with Gasteiger partial charge in [0, 0.05) is 72.5 Å². The van der Waals surface area contributed by atoms with E-state index in [1.54, 1.807) is 63.4 Å². The Kier molecular flexibility index (Phi) is 12.6. The van der Waals surface area contributed by atoms with E-state index in [0.717, 1.165) is 38.9 Å². The number of hydrogen-bond acceptors (Lipinski definition) is 4. The number of benzene rings is 7. The zero-order valence-electron chi connectivity index (χ0n) is 38.8. The average Bonchev–Trinajstić information content (AvgIpc) is 3.89. The van der Waals surface area contributed by atoms with Crippen LogP contribution in [0.5, 0.6) is 11.5 Å². The number of anilines is 4. The molecular formula is C56H37F10N4OPt-3. The maximum absolute atomic E-state index is 16.1. The van der Waals surface area contributed by atoms with Gasteiger partial charge in [0.05, 0.1) is 11.1 Å². The fraction of sp³-hybridized carbons (Fsp3) is 0.143. The minimum atomic E-state index is -2.48. The minimum absolute atomic E-state index is 0. The summed E-state index contributed by atoms with van der Waals surface area (Å²) < 4.78 is 163. The summed E-state index contributed by atoms with van der Waals surface area (Å²) in [5.41, 5.74) is -3.54. The summed E-state index contributed by atoms with van der Waals surface area (Å²) in [6.07, 6.45) is 1.76. The van der Waals surface area contributed by atoms with Gasteiger partial charge in [0.25, 0.3) is 0 Å². The van der Waals surface area contributed by atoms with E-state index in [0.29, 0.717) is 11.3 Å². The van der Waals surface area contributed by atoms with Crippen LogP contribution in [0.15, 0.2) is 109 Å². The molecule has 0 saturated carbocycles. The maximum atomic E-state index is 16.1. The Balaban J connectivity index is 0.00000640. The maximum Gasteiger partial charge on any atom is 0.200 e. The van der Waals surface area contributed by atoms with E-state index in [1.807, 2.05) is 47.0 Å². The Morgan fingerprint density at radius 2 is 1.01 bits per heavy atom. The predicted molar refractivity (Wildman–Crippen MR) is 252 cm³/mol. The van der Waals surface area contributed by atoms with Crippen molar-refractivity contribution in [1.82, 2.24) is 9.55 Å². The first-order chi connectivity index (χ1) is 33.6. The molecule has 0 saturated heterocycles. The van der Waals surface area contributed by atoms with E-state index in [4.69, 9.17) is 9.72 Å². The van der Waals surface area contributed by atoms with Gasteiger partial charge < -0.3 is 19.1 Å². The van der Waals surface area contributed by atoms with Crippen LogP contribution < -0.4 is 14.5 Å². The molecule has 0 atom stereocenters. The Hall–Kier alpha value is -7.12. The van der Waals surface area contributed by atoms with Gasteiger partial charge in [-0.25, -0.2) is 48.9 Å². The van der Waals surface area contributed by atoms with Crippen LogP contribution in [0.4, 0.5) is 66.7 Å². The molecule has 3 heterocycles. The quantitative estimate of drug-likeness (QED) is 0.0689. The van der Waals surface area contributed by atoms with Crippen molar-refractivity contribution in [2.24, 2.45) is 0 Å². The standard InChI is InChI=1S/C56H37F10N4O.Pt/c1-55(2,3)28-20-21-67-41(24-28)70-37-15-8-7-14-33(37)34-19-18-32(26-40(34)70)71-31-13-11-12-30(25-31)68-27-69(39-17-10-9-16-38(39)68)54-35(42-44(57)48(61)52(65)49(62)45(42)58)22-29(56(4,5)6)23-36(54)43-46(59)50(63)53(66)51(64)47(43)60;/h7-24,27H,1-6H3;/q-3;. The molecule has 10 rings (SSSR count). The van der Waals surface area contributed by atoms with Crippen LogP contribution in [0.3, 0.4) is 0 Å². The molecule has 0 radical (unpaired) electrons. The Bertz CT molecular complexity index is 3530. The van der Waals surface area contributed by atoms with Crippen LogP contribution in [-0.2, 0) is 31.9 Å². The molecule has 9 aromatic rings. The first-order valence-electron chi connectivity index (χ1n) is 22.0. The Labute approximate surface area is 421 Å². The monoisotopic (exact) mass is 1170 g/mol. The average molecular weight is 1170 g/mol. The number of ether oxygens (including phenoxy) is 1. The summed E-state index contributed by atoms with van der Waals surface area (Å²) in [7, 11) is 0. The fourth-order valence-electron chi connectivity index (χ4n) is 8.81. The van der Waals surface area contributed by atoms with Gasteiger partial charge in [0.15, 0.2) is 46.5 Å². The second kappa shape index (κ2) is 18.2. The molecule has 7 aromatic carbocycles. The van der Waals surface area contributed by atoms with Crippen LogP contribution >= 0.6 is 0 Å². The van der Waals surface area contributed by atoms with Gasteiger partial charge in [-0.2, -0.15) is 12.1 Å². The summed E-state index contributed by atoms with van der Waals surface area (Å²) in [4.78, 5) is 7.30. The van der Waals surface area contributed by atoms with E-state index in [-0.39, 0.29) is 60.6 Å². The van der Waals surface area contributed by atoms with Crippen molar-refractivity contribution in [2.45, 2.75) is 52.4 Å². The number of aromatic nitrogens is 2. The van der Waals surface area contributed by atoms with Crippen molar-refractivity contribution in [1.29, 1.82) is 0 Å². The molecule has 0 amide bonds. The van der Waals surface area contributed by atoms with Crippen molar-refractivity contribution in [3.8, 4) is 39.6 Å². The Morgan fingerprint density at radius 1 is 0.500 bits per heavy atom. The molecule has 0 bridgehead atoms. The zero-order valence-corrected chi connectivity index (χ0v) is 41.0. The number of rotatable bonds is 7. The molecule has 1 aliphatic heterocycles. The molecule has 0 spiro atoms. The van der Waals surface area contributed by atoms with Crippen molar-refractivity contribution in [3.63, 3.8) is 0 Å². The number of para-hydroxylation sites is 3. The normalized spacial score (nSPS) is 12.8. The topological polar surface area (TPSA) is 33.5 Å². The van der Waals surface area contributed by atoms with Crippen LogP contribution in [-0.4, -0.2) is 9.55 Å². The third-order valence-corrected chi connectivity index (χ3v) is 12.4. The molecule has 1 aliphatic rings. The van der Waals surface area contributed by atoms with Gasteiger partial charge in [-0.05, 0) is 69.8 Å². The smallest absolute Gasteiger partial charge is 0.200 e. The van der Waals surface area contributed by atoms with E-state index in [9.17, 15) is 8.78 Å². The molecule has 0 N–H and O–H groups in total. The number of pyridine rings is 1. The summed E-state index contributed by atoms with van der Waals surface area (Å²) in [5, 5.41) is 1.83. The summed E-state index contributed by atoms with van der Waals surface area (Å²) in [6.45, 7) is 12.2. The van der Waals surface area contributed by atoms with Crippen molar-refractivity contribution in [3.05, 3.63) is 197 Å². The van der Waals surface area contributed by atoms with Gasteiger partial charge in [-0.3, -0.25) is 0 Å². The third-order valence-electron chi connectivity index (χ3n) is 12.4. The second-order valence-electron chi connectivity index (χ2n) is 19.0. The van der Waals surface area contributed by atoms with Crippen molar-refractivity contribution >= 4 is 44.6 Å². The summed E-state index contributed by atoms with van der Waals surface area (Å²) >= 11 is 0. The van der Waals surface area contributed by atoms with Crippen molar-refractivity contribution in [2.75, 3.05) is 9.80 Å². The molecule has 72 heavy (non-hydrogen) atoms. The Morgan fingerprint density at radius 3 is 1.58 bits per heavy atom. The molecule has 16 heteroatoms.